The zero-order chi connectivity index (χ0) is 14.9. The highest BCUT2D eigenvalue weighted by Gasteiger charge is 2.31. The first kappa shape index (κ1) is 13.4. The molecule has 114 valence electrons. The molecule has 0 saturated heterocycles. The zero-order valence-electron chi connectivity index (χ0n) is 12.4. The Labute approximate surface area is 129 Å². The number of hydrogen-bond donors (Lipinski definition) is 2. The number of amides is 1. The van der Waals surface area contributed by atoms with Crippen LogP contribution < -0.4 is 10.6 Å². The van der Waals surface area contributed by atoms with Crippen LogP contribution in [0, 0.1) is 0 Å². The van der Waals surface area contributed by atoms with E-state index in [1.54, 1.807) is 0 Å². The van der Waals surface area contributed by atoms with Gasteiger partial charge in [-0.15, -0.1) is 0 Å². The van der Waals surface area contributed by atoms with E-state index in [0.717, 1.165) is 43.5 Å². The summed E-state index contributed by atoms with van der Waals surface area (Å²) in [6, 6.07) is 6.32. The van der Waals surface area contributed by atoms with Crippen LogP contribution in [0.5, 0.6) is 0 Å². The Kier molecular flexibility index (Phi) is 3.33. The second-order valence-corrected chi connectivity index (χ2v) is 6.05. The van der Waals surface area contributed by atoms with Gasteiger partial charge in [0.25, 0.3) is 5.91 Å². The van der Waals surface area contributed by atoms with Crippen LogP contribution >= 0.6 is 0 Å². The number of benzene rings is 1. The number of nitrogens with one attached hydrogen (secondary N) is 2. The van der Waals surface area contributed by atoms with Gasteiger partial charge in [-0.05, 0) is 42.9 Å². The van der Waals surface area contributed by atoms with Crippen molar-refractivity contribution in [2.45, 2.75) is 38.1 Å². The quantitative estimate of drug-likeness (QED) is 0.910. The summed E-state index contributed by atoms with van der Waals surface area (Å²) in [4.78, 5) is 16.4. The molecule has 22 heavy (non-hydrogen) atoms. The first-order valence-electron chi connectivity index (χ1n) is 7.88. The number of carbonyl (C=O) groups excluding carboxylic acids is 1. The van der Waals surface area contributed by atoms with Crippen LogP contribution in [0.4, 0.5) is 5.69 Å². The van der Waals surface area contributed by atoms with E-state index in [4.69, 9.17) is 4.42 Å². The van der Waals surface area contributed by atoms with Crippen molar-refractivity contribution in [1.29, 1.82) is 0 Å². The molecule has 1 aromatic heterocycles. The molecule has 1 aliphatic carbocycles. The van der Waals surface area contributed by atoms with Crippen LogP contribution in [-0.2, 0) is 13.0 Å². The van der Waals surface area contributed by atoms with E-state index >= 15 is 0 Å². The Bertz CT molecular complexity index is 704. The van der Waals surface area contributed by atoms with Gasteiger partial charge in [0.2, 0.25) is 5.76 Å². The summed E-state index contributed by atoms with van der Waals surface area (Å²) >= 11 is 0. The number of rotatable bonds is 4. The SMILES string of the molecule is O=C(NCc1ccc2c(c1)CCCN2)c1ocnc1C1CC1. The molecule has 0 bridgehead atoms. The van der Waals surface area contributed by atoms with Crippen molar-refractivity contribution in [3.8, 4) is 0 Å². The van der Waals surface area contributed by atoms with Crippen LogP contribution in [0.15, 0.2) is 29.0 Å². The minimum atomic E-state index is -0.171. The lowest BCUT2D eigenvalue weighted by Gasteiger charge is -2.18. The molecule has 2 aliphatic rings. The standard InChI is InChI=1S/C17H19N3O2/c21-17(16-15(12-4-5-12)20-10-22-16)19-9-11-3-6-14-13(8-11)2-1-7-18-14/h3,6,8,10,12,18H,1-2,4-5,7,9H2,(H,19,21). The van der Waals surface area contributed by atoms with Gasteiger partial charge >= 0.3 is 0 Å². The van der Waals surface area contributed by atoms with Gasteiger partial charge in [0.05, 0.1) is 5.69 Å². The predicted molar refractivity (Wildman–Crippen MR) is 82.9 cm³/mol. The number of anilines is 1. The van der Waals surface area contributed by atoms with Gasteiger partial charge in [-0.2, -0.15) is 0 Å². The minimum Gasteiger partial charge on any atom is -0.438 e. The van der Waals surface area contributed by atoms with Gasteiger partial charge in [-0.3, -0.25) is 4.79 Å². The predicted octanol–water partition coefficient (Wildman–Crippen LogP) is 2.84. The molecule has 0 unspecified atom stereocenters. The van der Waals surface area contributed by atoms with Gasteiger partial charge in [-0.1, -0.05) is 12.1 Å². The average Bonchev–Trinajstić information content (AvgIpc) is 3.29. The lowest BCUT2D eigenvalue weighted by molar-refractivity contribution is 0.0921. The topological polar surface area (TPSA) is 67.2 Å². The second-order valence-electron chi connectivity index (χ2n) is 6.05. The number of oxazole rings is 1. The summed E-state index contributed by atoms with van der Waals surface area (Å²) in [5, 5.41) is 6.33. The third kappa shape index (κ3) is 2.58. The van der Waals surface area contributed by atoms with Crippen LogP contribution in [-0.4, -0.2) is 17.4 Å². The molecule has 0 spiro atoms. The Morgan fingerprint density at radius 3 is 3.18 bits per heavy atom. The van der Waals surface area contributed by atoms with E-state index in [1.165, 1.54) is 17.6 Å². The summed E-state index contributed by atoms with van der Waals surface area (Å²) in [6.07, 6.45) is 5.83. The monoisotopic (exact) mass is 297 g/mol. The summed E-state index contributed by atoms with van der Waals surface area (Å²) in [6.45, 7) is 1.55. The Balaban J connectivity index is 1.43. The highest BCUT2D eigenvalue weighted by atomic mass is 16.3. The number of aryl methyl sites for hydroxylation is 1. The molecule has 1 fully saturated rings. The molecule has 0 radical (unpaired) electrons. The lowest BCUT2D eigenvalue weighted by Crippen LogP contribution is -2.23. The fourth-order valence-electron chi connectivity index (χ4n) is 2.97. The molecular weight excluding hydrogens is 278 g/mol. The molecule has 2 heterocycles. The molecule has 5 nitrogen and oxygen atoms in total. The Hall–Kier alpha value is -2.30. The van der Waals surface area contributed by atoms with E-state index in [9.17, 15) is 4.79 Å². The van der Waals surface area contributed by atoms with Crippen molar-refractivity contribution in [1.82, 2.24) is 10.3 Å². The first-order chi connectivity index (χ1) is 10.8. The number of aromatic nitrogens is 1. The van der Waals surface area contributed by atoms with E-state index in [-0.39, 0.29) is 5.91 Å². The number of fused-ring (bicyclic) bond motifs is 1. The summed E-state index contributed by atoms with van der Waals surface area (Å²) in [7, 11) is 0. The van der Waals surface area contributed by atoms with E-state index in [0.29, 0.717) is 18.2 Å². The maximum absolute atomic E-state index is 12.3. The van der Waals surface area contributed by atoms with Gasteiger partial charge in [-0.25, -0.2) is 4.98 Å². The van der Waals surface area contributed by atoms with Crippen molar-refractivity contribution in [3.63, 3.8) is 0 Å². The molecule has 1 aliphatic heterocycles. The number of nitrogens with zero attached hydrogens (tertiary/aromatic N) is 1. The molecule has 2 N–H and O–H groups in total. The van der Waals surface area contributed by atoms with E-state index in [2.05, 4.69) is 33.8 Å². The molecular formula is C17H19N3O2. The molecule has 1 aromatic carbocycles. The van der Waals surface area contributed by atoms with E-state index < -0.39 is 0 Å². The smallest absolute Gasteiger partial charge is 0.289 e. The maximum Gasteiger partial charge on any atom is 0.289 e. The van der Waals surface area contributed by atoms with Crippen molar-refractivity contribution in [2.75, 3.05) is 11.9 Å². The van der Waals surface area contributed by atoms with Crippen molar-refractivity contribution in [2.24, 2.45) is 0 Å². The first-order valence-corrected chi connectivity index (χ1v) is 7.88. The van der Waals surface area contributed by atoms with Gasteiger partial charge < -0.3 is 15.1 Å². The summed E-state index contributed by atoms with van der Waals surface area (Å²) < 4.78 is 5.27. The Morgan fingerprint density at radius 2 is 2.32 bits per heavy atom. The number of hydrogen-bond acceptors (Lipinski definition) is 4. The van der Waals surface area contributed by atoms with Crippen LogP contribution in [0.3, 0.4) is 0 Å². The largest absolute Gasteiger partial charge is 0.438 e. The average molecular weight is 297 g/mol. The second kappa shape index (κ2) is 5.48. The maximum atomic E-state index is 12.3. The highest BCUT2D eigenvalue weighted by Crippen LogP contribution is 2.40. The molecule has 1 saturated carbocycles. The normalized spacial score (nSPS) is 16.7. The van der Waals surface area contributed by atoms with Crippen LogP contribution in [0.2, 0.25) is 0 Å². The molecule has 5 heteroatoms. The molecule has 4 rings (SSSR count). The summed E-state index contributed by atoms with van der Waals surface area (Å²) in [5.74, 6) is 0.617. The van der Waals surface area contributed by atoms with Crippen LogP contribution in [0.1, 0.15) is 52.6 Å². The third-order valence-electron chi connectivity index (χ3n) is 4.33. The van der Waals surface area contributed by atoms with Crippen LogP contribution in [0.25, 0.3) is 0 Å². The molecule has 1 amide bonds. The fourth-order valence-corrected chi connectivity index (χ4v) is 2.97. The molecule has 2 aromatic rings. The van der Waals surface area contributed by atoms with Gasteiger partial charge in [0.15, 0.2) is 6.39 Å². The van der Waals surface area contributed by atoms with Crippen molar-refractivity contribution < 1.29 is 9.21 Å². The molecule has 0 atom stereocenters. The Morgan fingerprint density at radius 1 is 1.41 bits per heavy atom. The summed E-state index contributed by atoms with van der Waals surface area (Å²) in [5.41, 5.74) is 4.47. The van der Waals surface area contributed by atoms with E-state index in [1.807, 2.05) is 0 Å². The highest BCUT2D eigenvalue weighted by molar-refractivity contribution is 5.92. The third-order valence-corrected chi connectivity index (χ3v) is 4.33. The minimum absolute atomic E-state index is 0.171. The fraction of sp³-hybridized carbons (Fsp3) is 0.412. The van der Waals surface area contributed by atoms with Crippen molar-refractivity contribution in [3.05, 3.63) is 47.2 Å². The number of carbonyl (C=O) groups is 1. The van der Waals surface area contributed by atoms with Gasteiger partial charge in [0.1, 0.15) is 0 Å². The van der Waals surface area contributed by atoms with Gasteiger partial charge in [0, 0.05) is 24.7 Å². The zero-order valence-corrected chi connectivity index (χ0v) is 12.4. The van der Waals surface area contributed by atoms with Crippen molar-refractivity contribution >= 4 is 11.6 Å². The lowest BCUT2D eigenvalue weighted by atomic mass is 10.0.